The van der Waals surface area contributed by atoms with Gasteiger partial charge in [-0.2, -0.15) is 0 Å². The monoisotopic (exact) mass is 371 g/mol. The van der Waals surface area contributed by atoms with Crippen molar-refractivity contribution in [1.29, 1.82) is 0 Å². The third-order valence-corrected chi connectivity index (χ3v) is 4.58. The summed E-state index contributed by atoms with van der Waals surface area (Å²) in [6, 6.07) is 14.5. The van der Waals surface area contributed by atoms with Crippen molar-refractivity contribution in [3.05, 3.63) is 68.1 Å². The second-order valence-electron chi connectivity index (χ2n) is 4.84. The van der Waals surface area contributed by atoms with Crippen molar-refractivity contribution >= 4 is 39.1 Å². The van der Waals surface area contributed by atoms with Gasteiger partial charge in [-0.3, -0.25) is 0 Å². The van der Waals surface area contributed by atoms with Crippen molar-refractivity contribution in [2.75, 3.05) is 0 Å². The van der Waals surface area contributed by atoms with E-state index in [-0.39, 0.29) is 12.1 Å². The van der Waals surface area contributed by atoms with E-state index in [1.165, 1.54) is 5.56 Å². The molecule has 2 aromatic carbocycles. The van der Waals surface area contributed by atoms with E-state index in [0.717, 1.165) is 10.0 Å². The molecule has 2 rings (SSSR count). The van der Waals surface area contributed by atoms with Crippen LogP contribution in [-0.2, 0) is 0 Å². The zero-order valence-electron chi connectivity index (χ0n) is 11.3. The molecule has 0 saturated heterocycles. The van der Waals surface area contributed by atoms with Gasteiger partial charge >= 0.3 is 0 Å². The van der Waals surface area contributed by atoms with Crippen LogP contribution in [-0.4, -0.2) is 0 Å². The smallest absolute Gasteiger partial charge is 0.0595 e. The Balaban J connectivity index is 2.08. The minimum Gasteiger partial charge on any atom is -0.304 e. The van der Waals surface area contributed by atoms with Gasteiger partial charge in [-0.05, 0) is 49.2 Å². The molecule has 0 amide bonds. The Labute approximate surface area is 138 Å². The van der Waals surface area contributed by atoms with Crippen molar-refractivity contribution in [3.63, 3.8) is 0 Å². The fourth-order valence-corrected chi connectivity index (χ4v) is 2.67. The molecule has 0 saturated carbocycles. The van der Waals surface area contributed by atoms with Crippen molar-refractivity contribution in [3.8, 4) is 0 Å². The summed E-state index contributed by atoms with van der Waals surface area (Å²) in [4.78, 5) is 0. The van der Waals surface area contributed by atoms with E-state index < -0.39 is 0 Å². The Morgan fingerprint density at radius 2 is 1.40 bits per heavy atom. The summed E-state index contributed by atoms with van der Waals surface area (Å²) >= 11 is 15.5. The van der Waals surface area contributed by atoms with Crippen molar-refractivity contribution in [2.45, 2.75) is 25.9 Å². The zero-order valence-corrected chi connectivity index (χ0v) is 14.4. The largest absolute Gasteiger partial charge is 0.304 e. The lowest BCUT2D eigenvalue weighted by Gasteiger charge is -2.21. The molecule has 0 aromatic heterocycles. The highest BCUT2D eigenvalue weighted by molar-refractivity contribution is 9.10. The molecule has 0 aliphatic heterocycles. The summed E-state index contributed by atoms with van der Waals surface area (Å²) < 4.78 is 1.09. The van der Waals surface area contributed by atoms with E-state index >= 15 is 0 Å². The topological polar surface area (TPSA) is 12.0 Å². The van der Waals surface area contributed by atoms with E-state index in [1.54, 1.807) is 0 Å². The van der Waals surface area contributed by atoms with Gasteiger partial charge in [-0.25, -0.2) is 0 Å². The van der Waals surface area contributed by atoms with Crippen LogP contribution in [0.5, 0.6) is 0 Å². The molecule has 0 fully saturated rings. The first-order valence-corrected chi connectivity index (χ1v) is 7.98. The predicted octanol–water partition coefficient (Wildman–Crippen LogP) is 6.17. The average molecular weight is 373 g/mol. The molecule has 2 atom stereocenters. The molecule has 4 heteroatoms. The molecule has 20 heavy (non-hydrogen) atoms. The summed E-state index contributed by atoms with van der Waals surface area (Å²) in [6.07, 6.45) is 0. The third-order valence-electron chi connectivity index (χ3n) is 3.31. The quantitative estimate of drug-likeness (QED) is 0.676. The van der Waals surface area contributed by atoms with Crippen LogP contribution in [0.2, 0.25) is 10.0 Å². The van der Waals surface area contributed by atoms with Crippen LogP contribution >= 0.6 is 39.1 Å². The van der Waals surface area contributed by atoms with Crippen LogP contribution in [0.25, 0.3) is 0 Å². The number of rotatable bonds is 4. The molecule has 106 valence electrons. The minimum atomic E-state index is 0.198. The maximum absolute atomic E-state index is 6.06. The maximum atomic E-state index is 6.06. The molecule has 0 bridgehead atoms. The number of halogens is 3. The van der Waals surface area contributed by atoms with Crippen molar-refractivity contribution < 1.29 is 0 Å². The summed E-state index contributed by atoms with van der Waals surface area (Å²) in [7, 11) is 0. The van der Waals surface area contributed by atoms with Crippen LogP contribution in [0.1, 0.15) is 37.1 Å². The lowest BCUT2D eigenvalue weighted by molar-refractivity contribution is 0.494. The van der Waals surface area contributed by atoms with Gasteiger partial charge in [0.2, 0.25) is 0 Å². The molecular weight excluding hydrogens is 357 g/mol. The Hall–Kier alpha value is -0.540. The normalized spacial score (nSPS) is 14.1. The van der Waals surface area contributed by atoms with Gasteiger partial charge < -0.3 is 5.32 Å². The standard InChI is InChI=1S/C16H16BrCl2N/c1-10(12-3-6-14(17)7-4-12)20-11(2)13-5-8-15(18)16(19)9-13/h3-11,20H,1-2H3. The zero-order chi connectivity index (χ0) is 14.7. The summed E-state index contributed by atoms with van der Waals surface area (Å²) in [5.41, 5.74) is 2.38. The van der Waals surface area contributed by atoms with E-state index in [0.29, 0.717) is 10.0 Å². The summed E-state index contributed by atoms with van der Waals surface area (Å²) in [5.74, 6) is 0. The van der Waals surface area contributed by atoms with E-state index in [2.05, 4.69) is 59.4 Å². The van der Waals surface area contributed by atoms with Crippen LogP contribution < -0.4 is 5.32 Å². The number of benzene rings is 2. The highest BCUT2D eigenvalue weighted by atomic mass is 79.9. The van der Waals surface area contributed by atoms with Gasteiger partial charge in [0.15, 0.2) is 0 Å². The molecular formula is C16H16BrCl2N. The summed E-state index contributed by atoms with van der Waals surface area (Å²) in [6.45, 7) is 4.27. The third kappa shape index (κ3) is 3.98. The highest BCUT2D eigenvalue weighted by Crippen LogP contribution is 2.27. The molecule has 2 unspecified atom stereocenters. The van der Waals surface area contributed by atoms with Gasteiger partial charge in [0.1, 0.15) is 0 Å². The second kappa shape index (κ2) is 6.95. The number of hydrogen-bond acceptors (Lipinski definition) is 1. The van der Waals surface area contributed by atoms with Gasteiger partial charge in [0, 0.05) is 16.6 Å². The fraction of sp³-hybridized carbons (Fsp3) is 0.250. The van der Waals surface area contributed by atoms with Crippen LogP contribution in [0.15, 0.2) is 46.9 Å². The van der Waals surface area contributed by atoms with Crippen molar-refractivity contribution in [1.82, 2.24) is 5.32 Å². The molecule has 0 aliphatic carbocycles. The first-order valence-electron chi connectivity index (χ1n) is 6.44. The highest BCUT2D eigenvalue weighted by Gasteiger charge is 2.12. The van der Waals surface area contributed by atoms with Gasteiger partial charge in [-0.1, -0.05) is 57.3 Å². The SMILES string of the molecule is CC(NC(C)c1ccc(Cl)c(Cl)c1)c1ccc(Br)cc1. The molecule has 0 spiro atoms. The Morgan fingerprint density at radius 3 is 2.00 bits per heavy atom. The molecule has 2 aromatic rings. The number of nitrogens with one attached hydrogen (secondary N) is 1. The Bertz CT molecular complexity index is 584. The van der Waals surface area contributed by atoms with Crippen LogP contribution in [0.3, 0.4) is 0 Å². The van der Waals surface area contributed by atoms with Crippen molar-refractivity contribution in [2.24, 2.45) is 0 Å². The lowest BCUT2D eigenvalue weighted by atomic mass is 10.0. The van der Waals surface area contributed by atoms with Crippen LogP contribution in [0, 0.1) is 0 Å². The Morgan fingerprint density at radius 1 is 0.850 bits per heavy atom. The van der Waals surface area contributed by atoms with E-state index in [9.17, 15) is 0 Å². The molecule has 1 N–H and O–H groups in total. The lowest BCUT2D eigenvalue weighted by Crippen LogP contribution is -2.22. The molecule has 0 heterocycles. The molecule has 0 aliphatic rings. The first-order chi connectivity index (χ1) is 9.47. The molecule has 0 radical (unpaired) electrons. The maximum Gasteiger partial charge on any atom is 0.0595 e. The van der Waals surface area contributed by atoms with Gasteiger partial charge in [-0.15, -0.1) is 0 Å². The first kappa shape index (κ1) is 15.8. The van der Waals surface area contributed by atoms with Gasteiger partial charge in [0.25, 0.3) is 0 Å². The second-order valence-corrected chi connectivity index (χ2v) is 6.57. The summed E-state index contributed by atoms with van der Waals surface area (Å²) in [5, 5.41) is 4.74. The predicted molar refractivity (Wildman–Crippen MR) is 90.6 cm³/mol. The minimum absolute atomic E-state index is 0.198. The Kier molecular flexibility index (Phi) is 5.50. The van der Waals surface area contributed by atoms with E-state index in [4.69, 9.17) is 23.2 Å². The fourth-order valence-electron chi connectivity index (χ4n) is 2.10. The van der Waals surface area contributed by atoms with E-state index in [1.807, 2.05) is 18.2 Å². The number of hydrogen-bond donors (Lipinski definition) is 1. The average Bonchev–Trinajstić information content (AvgIpc) is 2.42. The van der Waals surface area contributed by atoms with Gasteiger partial charge in [0.05, 0.1) is 10.0 Å². The molecule has 1 nitrogen and oxygen atoms in total. The van der Waals surface area contributed by atoms with Crippen LogP contribution in [0.4, 0.5) is 0 Å².